The molecule has 2 aliphatic heterocycles. The Morgan fingerprint density at radius 1 is 0.974 bits per heavy atom. The second-order valence-corrected chi connectivity index (χ2v) is 9.55. The molecule has 0 saturated heterocycles. The monoisotopic (exact) mass is 513 g/mol. The number of benzene rings is 3. The number of nitrogens with one attached hydrogen (secondary N) is 1. The zero-order valence-electron chi connectivity index (χ0n) is 21.3. The number of nitrogens with zero attached hydrogens (tertiary/aromatic N) is 2. The molecule has 0 fully saturated rings. The SMILES string of the molecule is COc1ccc(N=c2oc3c4c5c(cc3cc2C(=O)Nc2ccc(F)cc2)CCCN5CCC4)cc1OC. The van der Waals surface area contributed by atoms with Crippen LogP contribution in [0, 0.1) is 5.82 Å². The fourth-order valence-corrected chi connectivity index (χ4v) is 5.44. The molecule has 194 valence electrons. The molecule has 6 rings (SSSR count). The fourth-order valence-electron chi connectivity index (χ4n) is 5.44. The predicted molar refractivity (Wildman–Crippen MR) is 144 cm³/mol. The van der Waals surface area contributed by atoms with Gasteiger partial charge in [-0.05, 0) is 79.8 Å². The van der Waals surface area contributed by atoms with Gasteiger partial charge in [-0.3, -0.25) is 4.79 Å². The first-order valence-electron chi connectivity index (χ1n) is 12.8. The number of ether oxygens (including phenoxy) is 2. The highest BCUT2D eigenvalue weighted by Crippen LogP contribution is 2.40. The van der Waals surface area contributed by atoms with E-state index in [0.29, 0.717) is 22.9 Å². The van der Waals surface area contributed by atoms with Crippen molar-refractivity contribution in [3.05, 3.63) is 82.7 Å². The van der Waals surface area contributed by atoms with E-state index >= 15 is 0 Å². The van der Waals surface area contributed by atoms with Crippen molar-refractivity contribution in [1.29, 1.82) is 0 Å². The van der Waals surface area contributed by atoms with Crippen LogP contribution in [0.25, 0.3) is 11.0 Å². The summed E-state index contributed by atoms with van der Waals surface area (Å²) in [5, 5.41) is 3.72. The average molecular weight is 514 g/mol. The summed E-state index contributed by atoms with van der Waals surface area (Å²) < 4.78 is 30.7. The molecule has 4 aromatic rings. The number of hydrogen-bond acceptors (Lipinski definition) is 6. The lowest BCUT2D eigenvalue weighted by Crippen LogP contribution is -2.34. The van der Waals surface area contributed by atoms with E-state index in [1.165, 1.54) is 41.1 Å². The number of halogens is 1. The van der Waals surface area contributed by atoms with Crippen molar-refractivity contribution in [2.45, 2.75) is 25.7 Å². The van der Waals surface area contributed by atoms with Crippen LogP contribution in [0.3, 0.4) is 0 Å². The number of rotatable bonds is 5. The van der Waals surface area contributed by atoms with Gasteiger partial charge in [0.2, 0.25) is 5.55 Å². The van der Waals surface area contributed by atoms with E-state index < -0.39 is 5.91 Å². The van der Waals surface area contributed by atoms with Crippen LogP contribution in [-0.2, 0) is 12.8 Å². The molecule has 2 aliphatic rings. The Morgan fingerprint density at radius 3 is 2.50 bits per heavy atom. The highest BCUT2D eigenvalue weighted by atomic mass is 19.1. The molecule has 1 aromatic heterocycles. The van der Waals surface area contributed by atoms with Crippen LogP contribution < -0.4 is 25.2 Å². The molecule has 0 aliphatic carbocycles. The first-order valence-corrected chi connectivity index (χ1v) is 12.8. The van der Waals surface area contributed by atoms with Crippen molar-refractivity contribution in [3.8, 4) is 11.5 Å². The van der Waals surface area contributed by atoms with E-state index in [-0.39, 0.29) is 16.9 Å². The minimum atomic E-state index is -0.394. The van der Waals surface area contributed by atoms with Gasteiger partial charge in [0, 0.05) is 41.5 Å². The van der Waals surface area contributed by atoms with Gasteiger partial charge in [0.05, 0.1) is 19.9 Å². The Kier molecular flexibility index (Phi) is 6.23. The molecule has 3 heterocycles. The summed E-state index contributed by atoms with van der Waals surface area (Å²) in [6.45, 7) is 2.10. The summed E-state index contributed by atoms with van der Waals surface area (Å²) in [5.41, 5.74) is 6.01. The van der Waals surface area contributed by atoms with E-state index in [4.69, 9.17) is 18.9 Å². The lowest BCUT2D eigenvalue weighted by molar-refractivity contribution is 0.102. The molecule has 8 heteroatoms. The molecule has 0 saturated carbocycles. The smallest absolute Gasteiger partial charge is 0.261 e. The number of anilines is 2. The Hall–Kier alpha value is -4.33. The first-order chi connectivity index (χ1) is 18.5. The number of carbonyl (C=O) groups is 1. The lowest BCUT2D eigenvalue weighted by atomic mass is 9.90. The summed E-state index contributed by atoms with van der Waals surface area (Å²) in [7, 11) is 3.13. The fraction of sp³-hybridized carbons (Fsp3) is 0.267. The van der Waals surface area contributed by atoms with Gasteiger partial charge in [-0.2, -0.15) is 0 Å². The van der Waals surface area contributed by atoms with Gasteiger partial charge in [0.1, 0.15) is 17.0 Å². The van der Waals surface area contributed by atoms with Crippen molar-refractivity contribution in [2.24, 2.45) is 4.99 Å². The maximum atomic E-state index is 13.5. The van der Waals surface area contributed by atoms with Crippen LogP contribution in [-0.4, -0.2) is 33.2 Å². The number of carbonyl (C=O) groups excluding carboxylic acids is 1. The standard InChI is InChI=1S/C30H28FN3O4/c1-36-25-12-11-22(17-26(25)37-2)33-30-24(29(35)32-21-9-7-20(31)8-10-21)16-19-15-18-5-3-13-34-14-4-6-23(27(18)34)28(19)38-30/h7-12,15-17H,3-6,13-14H2,1-2H3,(H,32,35). The van der Waals surface area contributed by atoms with Gasteiger partial charge in [0.25, 0.3) is 5.91 Å². The normalized spacial score (nSPS) is 14.8. The molecule has 0 atom stereocenters. The highest BCUT2D eigenvalue weighted by molar-refractivity contribution is 6.06. The summed E-state index contributed by atoms with van der Waals surface area (Å²) in [6, 6.07) is 14.9. The maximum absolute atomic E-state index is 13.5. The van der Waals surface area contributed by atoms with E-state index in [1.807, 2.05) is 6.07 Å². The maximum Gasteiger partial charge on any atom is 0.261 e. The quantitative estimate of drug-likeness (QED) is 0.367. The van der Waals surface area contributed by atoms with Crippen LogP contribution in [0.1, 0.15) is 34.3 Å². The summed E-state index contributed by atoms with van der Waals surface area (Å²) in [5.74, 6) is 0.328. The van der Waals surface area contributed by atoms with Gasteiger partial charge >= 0.3 is 0 Å². The molecule has 3 aromatic carbocycles. The summed E-state index contributed by atoms with van der Waals surface area (Å²) >= 11 is 0. The third-order valence-corrected chi connectivity index (χ3v) is 7.17. The topological polar surface area (TPSA) is 76.3 Å². The van der Waals surface area contributed by atoms with Gasteiger partial charge in [-0.25, -0.2) is 9.38 Å². The van der Waals surface area contributed by atoms with Crippen molar-refractivity contribution >= 4 is 33.9 Å². The van der Waals surface area contributed by atoms with Crippen LogP contribution >= 0.6 is 0 Å². The van der Waals surface area contributed by atoms with E-state index in [1.54, 1.807) is 32.4 Å². The largest absolute Gasteiger partial charge is 0.493 e. The summed E-state index contributed by atoms with van der Waals surface area (Å²) in [6.07, 6.45) is 4.08. The van der Waals surface area contributed by atoms with Crippen molar-refractivity contribution < 1.29 is 23.1 Å². The molecule has 7 nitrogen and oxygen atoms in total. The second kappa shape index (κ2) is 9.85. The number of aryl methyl sites for hydroxylation is 2. The van der Waals surface area contributed by atoms with Crippen LogP contribution in [0.5, 0.6) is 11.5 Å². The molecular weight excluding hydrogens is 485 g/mol. The van der Waals surface area contributed by atoms with Gasteiger partial charge < -0.3 is 24.1 Å². The third-order valence-electron chi connectivity index (χ3n) is 7.17. The van der Waals surface area contributed by atoms with Crippen LogP contribution in [0.15, 0.2) is 64.0 Å². The second-order valence-electron chi connectivity index (χ2n) is 9.55. The zero-order chi connectivity index (χ0) is 26.2. The minimum Gasteiger partial charge on any atom is -0.493 e. The van der Waals surface area contributed by atoms with E-state index in [0.717, 1.165) is 49.7 Å². The van der Waals surface area contributed by atoms with Crippen LogP contribution in [0.2, 0.25) is 0 Å². The van der Waals surface area contributed by atoms with Crippen molar-refractivity contribution in [3.63, 3.8) is 0 Å². The molecule has 0 bridgehead atoms. The third kappa shape index (κ3) is 4.36. The number of methoxy groups -OCH3 is 2. The predicted octanol–water partition coefficient (Wildman–Crippen LogP) is 5.77. The highest BCUT2D eigenvalue weighted by Gasteiger charge is 2.27. The molecule has 0 unspecified atom stereocenters. The van der Waals surface area contributed by atoms with Gasteiger partial charge in [0.15, 0.2) is 11.5 Å². The van der Waals surface area contributed by atoms with Crippen molar-refractivity contribution in [2.75, 3.05) is 37.5 Å². The number of hydrogen-bond donors (Lipinski definition) is 1. The molecule has 0 spiro atoms. The van der Waals surface area contributed by atoms with E-state index in [9.17, 15) is 9.18 Å². The molecule has 1 amide bonds. The van der Waals surface area contributed by atoms with Crippen LogP contribution in [0.4, 0.5) is 21.5 Å². The Bertz CT molecular complexity index is 1610. The Balaban J connectivity index is 1.54. The molecule has 1 N–H and O–H groups in total. The zero-order valence-corrected chi connectivity index (χ0v) is 21.3. The van der Waals surface area contributed by atoms with Gasteiger partial charge in [-0.1, -0.05) is 0 Å². The number of fused-ring (bicyclic) bond motifs is 2. The van der Waals surface area contributed by atoms with E-state index in [2.05, 4.69) is 16.3 Å². The Morgan fingerprint density at radius 2 is 1.74 bits per heavy atom. The minimum absolute atomic E-state index is 0.188. The lowest BCUT2D eigenvalue weighted by Gasteiger charge is -2.37. The Labute approximate surface area is 219 Å². The molecule has 0 radical (unpaired) electrons. The molecular formula is C30H28FN3O4. The number of amides is 1. The van der Waals surface area contributed by atoms with Gasteiger partial charge in [-0.15, -0.1) is 0 Å². The average Bonchev–Trinajstić information content (AvgIpc) is 2.94. The first kappa shape index (κ1) is 24.0. The van der Waals surface area contributed by atoms with Crippen molar-refractivity contribution in [1.82, 2.24) is 0 Å². The summed E-state index contributed by atoms with van der Waals surface area (Å²) in [4.78, 5) is 20.7. The molecule has 38 heavy (non-hydrogen) atoms.